The fourth-order valence-electron chi connectivity index (χ4n) is 5.95. The lowest BCUT2D eigenvalue weighted by Crippen LogP contribution is -2.30. The Bertz CT molecular complexity index is 2080. The number of anilines is 2. The molecule has 0 spiro atoms. The molecular weight excluding hydrogens is 592 g/mol. The second-order valence-electron chi connectivity index (χ2n) is 11.4. The van der Waals surface area contributed by atoms with E-state index in [9.17, 15) is 9.59 Å². The Balaban J connectivity index is 1.09. The Morgan fingerprint density at radius 3 is 1.25 bits per heavy atom. The van der Waals surface area contributed by atoms with Crippen molar-refractivity contribution in [1.29, 1.82) is 0 Å². The van der Waals surface area contributed by atoms with Crippen LogP contribution in [0.25, 0.3) is 0 Å². The molecule has 2 aliphatic rings. The number of fused-ring (bicyclic) bond motifs is 2. The smallest absolute Gasteiger partial charge is 0.277 e. The third-order valence-corrected chi connectivity index (χ3v) is 8.25. The molecule has 2 amide bonds. The molecular formula is C42H30N4O2. The summed E-state index contributed by atoms with van der Waals surface area (Å²) in [5.74, 6) is 11.6. The SMILES string of the molecule is CC#Cc1ccc(/N=C2\C(=O)N(Cc3ccc(CN4C(=O)/C(=N\c5ccc(C#CC)cc5)c5ccccc54)cc3)c3ccccc32)cc1. The van der Waals surface area contributed by atoms with Crippen LogP contribution >= 0.6 is 0 Å². The minimum atomic E-state index is -0.142. The van der Waals surface area contributed by atoms with Gasteiger partial charge in [0.25, 0.3) is 11.8 Å². The normalized spacial score (nSPS) is 14.8. The molecule has 5 aromatic rings. The first kappa shape index (κ1) is 30.2. The van der Waals surface area contributed by atoms with Gasteiger partial charge < -0.3 is 9.80 Å². The standard InChI is InChI=1S/C42H30N4O2/c1-3-9-29-19-23-33(24-20-29)43-39-35-11-5-7-13-37(35)45(41(39)47)27-31-15-17-32(18-16-31)28-46-38-14-8-6-12-36(38)40(42(46)48)44-34-25-21-30(10-4-2)22-26-34/h5-8,11-26H,27-28H2,1-2H3/b43-39-,44-40-. The van der Waals surface area contributed by atoms with Crippen LogP contribution in [0.2, 0.25) is 0 Å². The maximum atomic E-state index is 13.7. The Labute approximate surface area is 280 Å². The molecule has 6 nitrogen and oxygen atoms in total. The molecule has 2 heterocycles. The van der Waals surface area contributed by atoms with E-state index in [2.05, 4.69) is 23.7 Å². The monoisotopic (exact) mass is 622 g/mol. The van der Waals surface area contributed by atoms with Crippen LogP contribution < -0.4 is 9.80 Å². The number of hydrogen-bond donors (Lipinski definition) is 0. The topological polar surface area (TPSA) is 65.3 Å². The van der Waals surface area contributed by atoms with E-state index in [0.717, 1.165) is 44.8 Å². The molecule has 0 N–H and O–H groups in total. The van der Waals surface area contributed by atoms with Gasteiger partial charge in [0, 0.05) is 22.3 Å². The van der Waals surface area contributed by atoms with Gasteiger partial charge in [0.15, 0.2) is 0 Å². The van der Waals surface area contributed by atoms with Crippen LogP contribution in [0.1, 0.15) is 47.2 Å². The van der Waals surface area contributed by atoms with Crippen LogP contribution in [-0.4, -0.2) is 23.2 Å². The van der Waals surface area contributed by atoms with Crippen molar-refractivity contribution in [3.05, 3.63) is 155 Å². The zero-order valence-corrected chi connectivity index (χ0v) is 26.6. The molecule has 5 aromatic carbocycles. The average Bonchev–Trinajstić information content (AvgIpc) is 3.52. The Morgan fingerprint density at radius 1 is 0.500 bits per heavy atom. The largest absolute Gasteiger partial charge is 0.302 e. The summed E-state index contributed by atoms with van der Waals surface area (Å²) in [7, 11) is 0. The van der Waals surface area contributed by atoms with Crippen molar-refractivity contribution in [2.75, 3.05) is 9.80 Å². The van der Waals surface area contributed by atoms with E-state index in [1.165, 1.54) is 0 Å². The molecule has 230 valence electrons. The van der Waals surface area contributed by atoms with Gasteiger partial charge in [0.2, 0.25) is 0 Å². The lowest BCUT2D eigenvalue weighted by Gasteiger charge is -2.19. The first-order chi connectivity index (χ1) is 23.5. The molecule has 7 rings (SSSR count). The summed E-state index contributed by atoms with van der Waals surface area (Å²) >= 11 is 0. The van der Waals surface area contributed by atoms with E-state index in [4.69, 9.17) is 9.98 Å². The zero-order valence-electron chi connectivity index (χ0n) is 26.6. The number of hydrogen-bond acceptors (Lipinski definition) is 4. The number of benzene rings is 5. The van der Waals surface area contributed by atoms with Gasteiger partial charge in [-0.05, 0) is 85.6 Å². The first-order valence-electron chi connectivity index (χ1n) is 15.7. The summed E-state index contributed by atoms with van der Waals surface area (Å²) in [4.78, 5) is 40.4. The number of carbonyl (C=O) groups excluding carboxylic acids is 2. The van der Waals surface area contributed by atoms with E-state index < -0.39 is 0 Å². The molecule has 0 saturated heterocycles. The molecule has 48 heavy (non-hydrogen) atoms. The highest BCUT2D eigenvalue weighted by Gasteiger charge is 2.35. The Kier molecular flexibility index (Phi) is 8.22. The molecule has 0 saturated carbocycles. The molecule has 0 unspecified atom stereocenters. The molecule has 0 aromatic heterocycles. The van der Waals surface area contributed by atoms with Crippen LogP contribution in [0.3, 0.4) is 0 Å². The van der Waals surface area contributed by atoms with E-state index in [1.54, 1.807) is 23.6 Å². The van der Waals surface area contributed by atoms with Gasteiger partial charge in [-0.25, -0.2) is 9.98 Å². The van der Waals surface area contributed by atoms with Crippen molar-refractivity contribution in [2.45, 2.75) is 26.9 Å². The quantitative estimate of drug-likeness (QED) is 0.182. The third kappa shape index (κ3) is 5.91. The highest BCUT2D eigenvalue weighted by molar-refractivity contribution is 6.55. The predicted octanol–water partition coefficient (Wildman–Crippen LogP) is 7.76. The Morgan fingerprint density at radius 2 is 0.875 bits per heavy atom. The second-order valence-corrected chi connectivity index (χ2v) is 11.4. The average molecular weight is 623 g/mol. The first-order valence-corrected chi connectivity index (χ1v) is 15.7. The molecule has 0 atom stereocenters. The highest BCUT2D eigenvalue weighted by atomic mass is 16.2. The van der Waals surface area contributed by atoms with Gasteiger partial charge in [0.1, 0.15) is 11.4 Å². The van der Waals surface area contributed by atoms with Crippen LogP contribution in [0, 0.1) is 23.7 Å². The number of amides is 2. The second kappa shape index (κ2) is 13.1. The van der Waals surface area contributed by atoms with Crippen molar-refractivity contribution in [1.82, 2.24) is 0 Å². The van der Waals surface area contributed by atoms with Gasteiger partial charge in [-0.3, -0.25) is 9.59 Å². The summed E-state index contributed by atoms with van der Waals surface area (Å²) in [6.07, 6.45) is 0. The molecule has 2 aliphatic heterocycles. The van der Waals surface area contributed by atoms with Crippen molar-refractivity contribution in [3.8, 4) is 23.7 Å². The molecule has 0 fully saturated rings. The number of nitrogens with zero attached hydrogens (tertiary/aromatic N) is 4. The Hall–Kier alpha value is -6.50. The number of carbonyl (C=O) groups is 2. The van der Waals surface area contributed by atoms with Gasteiger partial charge in [-0.1, -0.05) is 72.5 Å². The van der Waals surface area contributed by atoms with Crippen molar-refractivity contribution >= 4 is 46.0 Å². The van der Waals surface area contributed by atoms with Gasteiger partial charge >= 0.3 is 0 Å². The van der Waals surface area contributed by atoms with Crippen LogP contribution in [0.5, 0.6) is 0 Å². The van der Waals surface area contributed by atoms with E-state index in [1.807, 2.05) is 121 Å². The summed E-state index contributed by atoms with van der Waals surface area (Å²) in [5.41, 5.74) is 9.28. The van der Waals surface area contributed by atoms with Gasteiger partial charge in [0.05, 0.1) is 35.8 Å². The molecule has 0 aliphatic carbocycles. The summed E-state index contributed by atoms with van der Waals surface area (Å²) in [6, 6.07) is 38.7. The van der Waals surface area contributed by atoms with E-state index in [-0.39, 0.29) is 11.8 Å². The maximum Gasteiger partial charge on any atom is 0.277 e. The lowest BCUT2D eigenvalue weighted by molar-refractivity contribution is -0.113. The summed E-state index contributed by atoms with van der Waals surface area (Å²) in [5, 5.41) is 0. The predicted molar refractivity (Wildman–Crippen MR) is 192 cm³/mol. The van der Waals surface area contributed by atoms with Crippen LogP contribution in [0.4, 0.5) is 22.7 Å². The minimum Gasteiger partial charge on any atom is -0.302 e. The molecule has 0 bridgehead atoms. The lowest BCUT2D eigenvalue weighted by atomic mass is 10.1. The zero-order chi connectivity index (χ0) is 33.0. The molecule has 0 radical (unpaired) electrons. The van der Waals surface area contributed by atoms with Crippen molar-refractivity contribution in [3.63, 3.8) is 0 Å². The van der Waals surface area contributed by atoms with Crippen molar-refractivity contribution < 1.29 is 9.59 Å². The van der Waals surface area contributed by atoms with Gasteiger partial charge in [-0.2, -0.15) is 0 Å². The van der Waals surface area contributed by atoms with E-state index in [0.29, 0.717) is 35.9 Å². The number of para-hydroxylation sites is 2. The summed E-state index contributed by atoms with van der Waals surface area (Å²) < 4.78 is 0. The third-order valence-electron chi connectivity index (χ3n) is 8.25. The van der Waals surface area contributed by atoms with E-state index >= 15 is 0 Å². The van der Waals surface area contributed by atoms with Gasteiger partial charge in [-0.15, -0.1) is 11.8 Å². The minimum absolute atomic E-state index is 0.142. The summed E-state index contributed by atoms with van der Waals surface area (Å²) in [6.45, 7) is 4.39. The number of rotatable bonds is 6. The van der Waals surface area contributed by atoms with Crippen molar-refractivity contribution in [2.24, 2.45) is 9.98 Å². The fourth-order valence-corrected chi connectivity index (χ4v) is 5.95. The number of aliphatic imine (C=N–C) groups is 2. The van der Waals surface area contributed by atoms with Crippen LogP contribution in [-0.2, 0) is 22.7 Å². The fraction of sp³-hybridized carbons (Fsp3) is 0.0952. The maximum absolute atomic E-state index is 13.7. The molecule has 6 heteroatoms. The highest BCUT2D eigenvalue weighted by Crippen LogP contribution is 2.34. The van der Waals surface area contributed by atoms with Crippen LogP contribution in [0.15, 0.2) is 131 Å².